The van der Waals surface area contributed by atoms with E-state index in [2.05, 4.69) is 0 Å². The Kier molecular flexibility index (Phi) is 4.43. The van der Waals surface area contributed by atoms with Crippen LogP contribution in [-0.2, 0) is 13.0 Å². The molecule has 14 heavy (non-hydrogen) atoms. The average Bonchev–Trinajstić information content (AvgIpc) is 2.25. The molecule has 0 fully saturated rings. The summed E-state index contributed by atoms with van der Waals surface area (Å²) in [5.41, 5.74) is 1.84. The van der Waals surface area contributed by atoms with Gasteiger partial charge in [0.1, 0.15) is 12.4 Å². The molecule has 3 heteroatoms. The van der Waals surface area contributed by atoms with E-state index in [0.29, 0.717) is 5.75 Å². The van der Waals surface area contributed by atoms with Crippen molar-refractivity contribution in [1.29, 1.82) is 0 Å². The van der Waals surface area contributed by atoms with E-state index in [1.165, 1.54) is 0 Å². The first-order valence-electron chi connectivity index (χ1n) is 4.78. The Labute approximate surface area is 84.0 Å². The second-order valence-corrected chi connectivity index (χ2v) is 2.99. The van der Waals surface area contributed by atoms with E-state index < -0.39 is 0 Å². The molecule has 0 radical (unpaired) electrons. The van der Waals surface area contributed by atoms with Crippen LogP contribution in [0.3, 0.4) is 0 Å². The second kappa shape index (κ2) is 5.62. The summed E-state index contributed by atoms with van der Waals surface area (Å²) >= 11 is 0. The molecule has 0 saturated heterocycles. The van der Waals surface area contributed by atoms with Gasteiger partial charge in [0.15, 0.2) is 0 Å². The van der Waals surface area contributed by atoms with Gasteiger partial charge in [0.25, 0.3) is 0 Å². The van der Waals surface area contributed by atoms with E-state index in [0.717, 1.165) is 17.5 Å². The summed E-state index contributed by atoms with van der Waals surface area (Å²) in [6, 6.07) is 5.69. The van der Waals surface area contributed by atoms with Crippen LogP contribution in [0.5, 0.6) is 5.75 Å². The van der Waals surface area contributed by atoms with Crippen LogP contribution in [-0.4, -0.2) is 23.4 Å². The molecule has 0 amide bonds. The van der Waals surface area contributed by atoms with Crippen LogP contribution in [0.15, 0.2) is 18.2 Å². The van der Waals surface area contributed by atoms with E-state index in [1.807, 2.05) is 25.1 Å². The van der Waals surface area contributed by atoms with Gasteiger partial charge in [-0.25, -0.2) is 0 Å². The zero-order chi connectivity index (χ0) is 10.4. The molecule has 0 aliphatic heterocycles. The van der Waals surface area contributed by atoms with Gasteiger partial charge in [-0.1, -0.05) is 25.1 Å². The van der Waals surface area contributed by atoms with Gasteiger partial charge in [0.2, 0.25) is 0 Å². The predicted octanol–water partition coefficient (Wildman–Crippen LogP) is 1.11. The van der Waals surface area contributed by atoms with E-state index in [-0.39, 0.29) is 19.8 Å². The summed E-state index contributed by atoms with van der Waals surface area (Å²) in [6.07, 6.45) is 0.856. The minimum Gasteiger partial charge on any atom is -0.491 e. The van der Waals surface area contributed by atoms with Gasteiger partial charge in [-0.2, -0.15) is 0 Å². The first-order valence-corrected chi connectivity index (χ1v) is 4.78. The molecule has 1 aromatic carbocycles. The standard InChI is InChI=1S/C11H16O3/c1-2-9-4-3-5-10(8-13)11(9)14-7-6-12/h3-5,12-13H,2,6-8H2,1H3. The number of aliphatic hydroxyl groups is 2. The number of aryl methyl sites for hydroxylation is 1. The Morgan fingerprint density at radius 1 is 1.21 bits per heavy atom. The lowest BCUT2D eigenvalue weighted by Gasteiger charge is -2.12. The summed E-state index contributed by atoms with van der Waals surface area (Å²) in [6.45, 7) is 2.25. The van der Waals surface area contributed by atoms with Crippen molar-refractivity contribution in [3.8, 4) is 5.75 Å². The molecule has 78 valence electrons. The molecule has 0 spiro atoms. The molecule has 0 atom stereocenters. The Bertz CT molecular complexity index is 262. The molecule has 0 heterocycles. The van der Waals surface area contributed by atoms with Crippen molar-refractivity contribution < 1.29 is 14.9 Å². The van der Waals surface area contributed by atoms with E-state index >= 15 is 0 Å². The van der Waals surface area contributed by atoms with Gasteiger partial charge >= 0.3 is 0 Å². The SMILES string of the molecule is CCc1cccc(CO)c1OCCO. The largest absolute Gasteiger partial charge is 0.491 e. The third-order valence-corrected chi connectivity index (χ3v) is 2.07. The van der Waals surface area contributed by atoms with Gasteiger partial charge < -0.3 is 14.9 Å². The maximum Gasteiger partial charge on any atom is 0.128 e. The number of rotatable bonds is 5. The van der Waals surface area contributed by atoms with Crippen LogP contribution in [0.25, 0.3) is 0 Å². The Balaban J connectivity index is 2.93. The molecule has 1 rings (SSSR count). The fourth-order valence-corrected chi connectivity index (χ4v) is 1.37. The first kappa shape index (κ1) is 11.0. The Morgan fingerprint density at radius 3 is 2.50 bits per heavy atom. The molecule has 0 aliphatic carbocycles. The third kappa shape index (κ3) is 2.47. The summed E-state index contributed by atoms with van der Waals surface area (Å²) in [5, 5.41) is 17.8. The summed E-state index contributed by atoms with van der Waals surface area (Å²) < 4.78 is 5.39. The van der Waals surface area contributed by atoms with Gasteiger partial charge in [-0.15, -0.1) is 0 Å². The number of benzene rings is 1. The number of aliphatic hydroxyl groups excluding tert-OH is 2. The number of hydrogen-bond acceptors (Lipinski definition) is 3. The fourth-order valence-electron chi connectivity index (χ4n) is 1.37. The van der Waals surface area contributed by atoms with Gasteiger partial charge in [-0.3, -0.25) is 0 Å². The van der Waals surface area contributed by atoms with Crippen LogP contribution in [0.2, 0.25) is 0 Å². The van der Waals surface area contributed by atoms with E-state index in [9.17, 15) is 0 Å². The highest BCUT2D eigenvalue weighted by Crippen LogP contribution is 2.24. The van der Waals surface area contributed by atoms with Gasteiger partial charge in [-0.05, 0) is 12.0 Å². The third-order valence-electron chi connectivity index (χ3n) is 2.07. The highest BCUT2D eigenvalue weighted by molar-refractivity contribution is 5.41. The van der Waals surface area contributed by atoms with Crippen molar-refractivity contribution in [3.05, 3.63) is 29.3 Å². The van der Waals surface area contributed by atoms with Crippen LogP contribution in [0.1, 0.15) is 18.1 Å². The molecule has 2 N–H and O–H groups in total. The quantitative estimate of drug-likeness (QED) is 0.741. The second-order valence-electron chi connectivity index (χ2n) is 2.99. The molecule has 1 aromatic rings. The van der Waals surface area contributed by atoms with Crippen molar-refractivity contribution in [2.24, 2.45) is 0 Å². The molecule has 0 unspecified atom stereocenters. The molecular formula is C11H16O3. The monoisotopic (exact) mass is 196 g/mol. The van der Waals surface area contributed by atoms with Crippen LogP contribution >= 0.6 is 0 Å². The zero-order valence-corrected chi connectivity index (χ0v) is 8.36. The van der Waals surface area contributed by atoms with Crippen molar-refractivity contribution in [2.45, 2.75) is 20.0 Å². The lowest BCUT2D eigenvalue weighted by atomic mass is 10.1. The minimum absolute atomic E-state index is 0.0110. The van der Waals surface area contributed by atoms with Crippen LogP contribution in [0, 0.1) is 0 Å². The highest BCUT2D eigenvalue weighted by Gasteiger charge is 2.07. The summed E-state index contributed by atoms with van der Waals surface area (Å²) in [4.78, 5) is 0. The lowest BCUT2D eigenvalue weighted by molar-refractivity contribution is 0.194. The van der Waals surface area contributed by atoms with E-state index in [1.54, 1.807) is 0 Å². The minimum atomic E-state index is -0.0331. The number of hydrogen-bond donors (Lipinski definition) is 2. The van der Waals surface area contributed by atoms with E-state index in [4.69, 9.17) is 14.9 Å². The topological polar surface area (TPSA) is 49.7 Å². The highest BCUT2D eigenvalue weighted by atomic mass is 16.5. The maximum absolute atomic E-state index is 9.10. The number of ether oxygens (including phenoxy) is 1. The molecule has 0 saturated carbocycles. The first-order chi connectivity index (χ1) is 6.83. The summed E-state index contributed by atoms with van der Waals surface area (Å²) in [5.74, 6) is 0.714. The van der Waals surface area contributed by atoms with Crippen molar-refractivity contribution in [1.82, 2.24) is 0 Å². The van der Waals surface area contributed by atoms with Crippen LogP contribution < -0.4 is 4.74 Å². The normalized spacial score (nSPS) is 10.2. The number of para-hydroxylation sites is 1. The molecule has 3 nitrogen and oxygen atoms in total. The fraction of sp³-hybridized carbons (Fsp3) is 0.455. The van der Waals surface area contributed by atoms with Crippen LogP contribution in [0.4, 0.5) is 0 Å². The molecule has 0 bridgehead atoms. The molecule has 0 aromatic heterocycles. The van der Waals surface area contributed by atoms with Crippen molar-refractivity contribution in [3.63, 3.8) is 0 Å². The van der Waals surface area contributed by atoms with Gasteiger partial charge in [0, 0.05) is 5.56 Å². The van der Waals surface area contributed by atoms with Gasteiger partial charge in [0.05, 0.1) is 13.2 Å². The average molecular weight is 196 g/mol. The molecular weight excluding hydrogens is 180 g/mol. The molecule has 0 aliphatic rings. The Morgan fingerprint density at radius 2 is 1.93 bits per heavy atom. The summed E-state index contributed by atoms with van der Waals surface area (Å²) in [7, 11) is 0. The maximum atomic E-state index is 9.10. The Hall–Kier alpha value is -1.06. The lowest BCUT2D eigenvalue weighted by Crippen LogP contribution is -2.06. The van der Waals surface area contributed by atoms with Crippen molar-refractivity contribution in [2.75, 3.05) is 13.2 Å². The zero-order valence-electron chi connectivity index (χ0n) is 8.36. The smallest absolute Gasteiger partial charge is 0.128 e. The predicted molar refractivity (Wildman–Crippen MR) is 54.3 cm³/mol. The van der Waals surface area contributed by atoms with Crippen molar-refractivity contribution >= 4 is 0 Å².